The third-order valence-corrected chi connectivity index (χ3v) is 7.09. The van der Waals surface area contributed by atoms with Gasteiger partial charge < -0.3 is 14.6 Å². The monoisotopic (exact) mass is 466 g/mol. The lowest BCUT2D eigenvalue weighted by atomic mass is 9.76. The molecule has 0 amide bonds. The van der Waals surface area contributed by atoms with Crippen LogP contribution in [0.25, 0.3) is 28.4 Å². The second kappa shape index (κ2) is 8.18. The van der Waals surface area contributed by atoms with Crippen molar-refractivity contribution in [2.24, 2.45) is 5.41 Å². The molecule has 2 aliphatic rings. The molecule has 4 aromatic rings. The summed E-state index contributed by atoms with van der Waals surface area (Å²) in [6, 6.07) is 8.47. The van der Waals surface area contributed by atoms with Gasteiger partial charge in [0.25, 0.3) is 0 Å². The summed E-state index contributed by atoms with van der Waals surface area (Å²) in [5.41, 5.74) is 7.64. The van der Waals surface area contributed by atoms with Crippen molar-refractivity contribution in [3.05, 3.63) is 65.5 Å². The summed E-state index contributed by atoms with van der Waals surface area (Å²) in [4.78, 5) is 24.4. The van der Waals surface area contributed by atoms with E-state index in [-0.39, 0.29) is 5.41 Å². The summed E-state index contributed by atoms with van der Waals surface area (Å²) >= 11 is 0. The highest BCUT2D eigenvalue weighted by molar-refractivity contribution is 5.78. The summed E-state index contributed by atoms with van der Waals surface area (Å²) in [5.74, 6) is 3.51. The smallest absolute Gasteiger partial charge is 0.157 e. The lowest BCUT2D eigenvalue weighted by Crippen LogP contribution is -2.31. The molecule has 1 aliphatic carbocycles. The molecule has 0 unspecified atom stereocenters. The Morgan fingerprint density at radius 3 is 2.89 bits per heavy atom. The van der Waals surface area contributed by atoms with Crippen LogP contribution in [-0.4, -0.2) is 38.1 Å². The van der Waals surface area contributed by atoms with Crippen LogP contribution in [0.2, 0.25) is 0 Å². The van der Waals surface area contributed by atoms with Crippen molar-refractivity contribution in [3.8, 4) is 16.9 Å². The second-order valence-electron chi connectivity index (χ2n) is 10.4. The zero-order valence-electron chi connectivity index (χ0n) is 20.6. The van der Waals surface area contributed by atoms with Crippen LogP contribution in [0.4, 0.5) is 5.82 Å². The highest BCUT2D eigenvalue weighted by Gasteiger charge is 2.31. The van der Waals surface area contributed by atoms with Crippen molar-refractivity contribution >= 4 is 23.1 Å². The molecule has 7 nitrogen and oxygen atoms in total. The van der Waals surface area contributed by atoms with E-state index in [0.29, 0.717) is 12.4 Å². The van der Waals surface area contributed by atoms with Gasteiger partial charge in [-0.3, -0.25) is 0 Å². The van der Waals surface area contributed by atoms with E-state index in [2.05, 4.69) is 64.5 Å². The van der Waals surface area contributed by atoms with Crippen LogP contribution >= 0.6 is 0 Å². The van der Waals surface area contributed by atoms with E-state index in [1.807, 2.05) is 13.1 Å². The maximum atomic E-state index is 6.17. The highest BCUT2D eigenvalue weighted by atomic mass is 16.5. The van der Waals surface area contributed by atoms with Gasteiger partial charge in [0.05, 0.1) is 6.54 Å². The Kier molecular flexibility index (Phi) is 5.09. The van der Waals surface area contributed by atoms with Crippen LogP contribution < -0.4 is 9.64 Å². The number of pyridine rings is 1. The van der Waals surface area contributed by atoms with Crippen LogP contribution in [0.5, 0.6) is 5.75 Å². The number of nitrogens with zero attached hydrogens (tertiary/aromatic N) is 5. The van der Waals surface area contributed by atoms with Gasteiger partial charge in [0.15, 0.2) is 11.5 Å². The first-order chi connectivity index (χ1) is 16.9. The summed E-state index contributed by atoms with van der Waals surface area (Å²) in [5, 5.41) is 0. The first-order valence-corrected chi connectivity index (χ1v) is 12.2. The fourth-order valence-electron chi connectivity index (χ4n) is 5.23. The van der Waals surface area contributed by atoms with Crippen LogP contribution in [0.15, 0.2) is 37.0 Å². The predicted molar refractivity (Wildman–Crippen MR) is 139 cm³/mol. The molecule has 178 valence electrons. The fourth-order valence-corrected chi connectivity index (χ4v) is 5.23. The Labute approximate surface area is 205 Å². The van der Waals surface area contributed by atoms with Crippen molar-refractivity contribution < 1.29 is 4.74 Å². The van der Waals surface area contributed by atoms with Crippen molar-refractivity contribution in [1.82, 2.24) is 24.9 Å². The van der Waals surface area contributed by atoms with E-state index >= 15 is 0 Å². The molecular weight excluding hydrogens is 436 g/mol. The standard InChI is InChI=1S/C28H30N6O/c1-5-25-32-22-8-9-28(3,4)14-21(22)27(33-25)34-10-11-35-24-7-6-18(12-20(24)16-34)19-13-23-26(29-15-19)31-17(2)30-23/h5-7,12-13,15H,1,8-11,14,16H2,2-4H3,(H,29,30,31). The maximum absolute atomic E-state index is 6.17. The van der Waals surface area contributed by atoms with Gasteiger partial charge in [0.2, 0.25) is 0 Å². The number of anilines is 1. The number of nitrogens with one attached hydrogen (secondary N) is 1. The Hall–Kier alpha value is -3.74. The minimum absolute atomic E-state index is 0.241. The molecule has 4 heterocycles. The van der Waals surface area contributed by atoms with Gasteiger partial charge in [-0.05, 0) is 61.4 Å². The molecule has 3 aromatic heterocycles. The fraction of sp³-hybridized carbons (Fsp3) is 0.357. The number of hydrogen-bond acceptors (Lipinski definition) is 6. The molecular formula is C28H30N6O. The van der Waals surface area contributed by atoms with E-state index in [9.17, 15) is 0 Å². The molecule has 1 aliphatic heterocycles. The Morgan fingerprint density at radius 2 is 2.03 bits per heavy atom. The SMILES string of the molecule is C=Cc1nc2c(c(N3CCOc4ccc(-c5cnc6[nH]c(C)nc6c5)cc4C3)n1)CC(C)(C)CC2. The zero-order chi connectivity index (χ0) is 24.2. The van der Waals surface area contributed by atoms with Crippen LogP contribution in [0.3, 0.4) is 0 Å². The van der Waals surface area contributed by atoms with Gasteiger partial charge in [-0.25, -0.2) is 19.9 Å². The second-order valence-corrected chi connectivity index (χ2v) is 10.4. The number of hydrogen-bond donors (Lipinski definition) is 1. The van der Waals surface area contributed by atoms with Crippen LogP contribution in [0, 0.1) is 12.3 Å². The molecule has 0 atom stereocenters. The van der Waals surface area contributed by atoms with Crippen molar-refractivity contribution in [2.75, 3.05) is 18.1 Å². The molecule has 7 heteroatoms. The highest BCUT2D eigenvalue weighted by Crippen LogP contribution is 2.39. The minimum atomic E-state index is 0.241. The van der Waals surface area contributed by atoms with Gasteiger partial charge in [-0.1, -0.05) is 26.5 Å². The first-order valence-electron chi connectivity index (χ1n) is 12.2. The normalized spacial score (nSPS) is 16.8. The van der Waals surface area contributed by atoms with E-state index < -0.39 is 0 Å². The summed E-state index contributed by atoms with van der Waals surface area (Å²) in [6.07, 6.45) is 6.75. The molecule has 0 spiro atoms. The van der Waals surface area contributed by atoms with E-state index in [1.54, 1.807) is 6.08 Å². The van der Waals surface area contributed by atoms with Gasteiger partial charge >= 0.3 is 0 Å². The minimum Gasteiger partial charge on any atom is -0.491 e. The predicted octanol–water partition coefficient (Wildman–Crippen LogP) is 5.28. The number of imidazole rings is 1. The van der Waals surface area contributed by atoms with Gasteiger partial charge in [-0.2, -0.15) is 0 Å². The third-order valence-electron chi connectivity index (χ3n) is 7.09. The zero-order valence-corrected chi connectivity index (χ0v) is 20.6. The van der Waals surface area contributed by atoms with Crippen molar-refractivity contribution in [2.45, 2.75) is 46.6 Å². The topological polar surface area (TPSA) is 79.8 Å². The number of ether oxygens (including phenoxy) is 1. The number of fused-ring (bicyclic) bond motifs is 3. The molecule has 0 fully saturated rings. The van der Waals surface area contributed by atoms with Crippen LogP contribution in [0.1, 0.15) is 48.7 Å². The number of H-pyrrole nitrogens is 1. The molecule has 0 saturated heterocycles. The quantitative estimate of drug-likeness (QED) is 0.442. The van der Waals surface area contributed by atoms with E-state index in [4.69, 9.17) is 14.7 Å². The largest absolute Gasteiger partial charge is 0.491 e. The van der Waals surface area contributed by atoms with Gasteiger partial charge in [-0.15, -0.1) is 0 Å². The first kappa shape index (κ1) is 21.8. The average Bonchev–Trinajstić information content (AvgIpc) is 3.08. The summed E-state index contributed by atoms with van der Waals surface area (Å²) in [6.45, 7) is 12.6. The summed E-state index contributed by atoms with van der Waals surface area (Å²) in [7, 11) is 0. The molecule has 1 N–H and O–H groups in total. The molecule has 0 bridgehead atoms. The van der Waals surface area contributed by atoms with E-state index in [1.165, 1.54) is 5.56 Å². The lowest BCUT2D eigenvalue weighted by molar-refractivity contribution is 0.310. The average molecular weight is 467 g/mol. The number of aromatic nitrogens is 5. The molecule has 6 rings (SSSR count). The third kappa shape index (κ3) is 4.05. The Morgan fingerprint density at radius 1 is 1.14 bits per heavy atom. The number of aryl methyl sites for hydroxylation is 2. The molecule has 1 aromatic carbocycles. The molecule has 35 heavy (non-hydrogen) atoms. The summed E-state index contributed by atoms with van der Waals surface area (Å²) < 4.78 is 6.17. The maximum Gasteiger partial charge on any atom is 0.157 e. The number of rotatable bonds is 3. The van der Waals surface area contributed by atoms with Gasteiger partial charge in [0, 0.05) is 35.1 Å². The lowest BCUT2D eigenvalue weighted by Gasteiger charge is -2.34. The van der Waals surface area contributed by atoms with Crippen molar-refractivity contribution in [3.63, 3.8) is 0 Å². The van der Waals surface area contributed by atoms with Crippen LogP contribution in [-0.2, 0) is 19.4 Å². The molecule has 0 saturated carbocycles. The Bertz CT molecular complexity index is 1450. The van der Waals surface area contributed by atoms with E-state index in [0.717, 1.165) is 83.3 Å². The Balaban J connectivity index is 1.39. The number of aromatic amines is 1. The number of benzene rings is 1. The van der Waals surface area contributed by atoms with Crippen molar-refractivity contribution in [1.29, 1.82) is 0 Å². The van der Waals surface area contributed by atoms with Gasteiger partial charge in [0.1, 0.15) is 29.5 Å². The molecule has 0 radical (unpaired) electrons.